The molecule has 8 heteroatoms. The van der Waals surface area contributed by atoms with Crippen LogP contribution in [0.25, 0.3) is 0 Å². The van der Waals surface area contributed by atoms with Crippen LogP contribution in [0.4, 0.5) is 0 Å². The standard InChI is InChI=1S/C28H39NO7/c1-8-36-27(31)28(26(30)35-7,22-12-13-23(32-4)25(19-22)34-6)15-9-16-29(3)17-14-21-11-10-20(2)24(18-21)33-5/h10-13,18-19H,8-9,14-17H2,1-7H3. The van der Waals surface area contributed by atoms with Gasteiger partial charge in [-0.3, -0.25) is 9.59 Å². The van der Waals surface area contributed by atoms with Gasteiger partial charge in [0.05, 0.1) is 35.0 Å². The maximum Gasteiger partial charge on any atom is 0.328 e. The van der Waals surface area contributed by atoms with Crippen LogP contribution in [0.1, 0.15) is 36.5 Å². The van der Waals surface area contributed by atoms with E-state index in [9.17, 15) is 9.59 Å². The van der Waals surface area contributed by atoms with Crippen LogP contribution in [0.3, 0.4) is 0 Å². The summed E-state index contributed by atoms with van der Waals surface area (Å²) >= 11 is 0. The van der Waals surface area contributed by atoms with Crippen LogP contribution in [0.5, 0.6) is 17.2 Å². The Bertz CT molecular complexity index is 1020. The smallest absolute Gasteiger partial charge is 0.328 e. The van der Waals surface area contributed by atoms with Gasteiger partial charge in [-0.05, 0) is 81.6 Å². The van der Waals surface area contributed by atoms with Crippen molar-refractivity contribution in [2.45, 2.75) is 38.5 Å². The van der Waals surface area contributed by atoms with Gasteiger partial charge in [0.1, 0.15) is 5.75 Å². The number of carbonyl (C=O) groups is 2. The molecular formula is C28H39NO7. The molecule has 36 heavy (non-hydrogen) atoms. The van der Waals surface area contributed by atoms with Crippen molar-refractivity contribution in [3.05, 3.63) is 53.1 Å². The predicted molar refractivity (Wildman–Crippen MR) is 138 cm³/mol. The van der Waals surface area contributed by atoms with E-state index in [1.54, 1.807) is 32.2 Å². The number of hydrogen-bond donors (Lipinski definition) is 0. The summed E-state index contributed by atoms with van der Waals surface area (Å²) in [4.78, 5) is 28.6. The van der Waals surface area contributed by atoms with Gasteiger partial charge in [0, 0.05) is 6.54 Å². The quantitative estimate of drug-likeness (QED) is 0.284. The zero-order valence-corrected chi connectivity index (χ0v) is 22.5. The second kappa shape index (κ2) is 13.7. The number of nitrogens with zero attached hydrogens (tertiary/aromatic N) is 1. The fraction of sp³-hybridized carbons (Fsp3) is 0.500. The van der Waals surface area contributed by atoms with Crippen LogP contribution in [-0.2, 0) is 30.9 Å². The molecule has 0 bridgehead atoms. The van der Waals surface area contributed by atoms with Gasteiger partial charge in [0.2, 0.25) is 0 Å². The normalized spacial score (nSPS) is 12.6. The summed E-state index contributed by atoms with van der Waals surface area (Å²) in [5.74, 6) is 0.484. The minimum atomic E-state index is -1.62. The van der Waals surface area contributed by atoms with E-state index in [1.165, 1.54) is 26.9 Å². The van der Waals surface area contributed by atoms with Crippen LogP contribution < -0.4 is 14.2 Å². The fourth-order valence-corrected chi connectivity index (χ4v) is 4.26. The molecule has 0 spiro atoms. The third-order valence-corrected chi connectivity index (χ3v) is 6.38. The van der Waals surface area contributed by atoms with Gasteiger partial charge in [0.15, 0.2) is 16.9 Å². The Balaban J connectivity index is 2.22. The first-order valence-electron chi connectivity index (χ1n) is 12.1. The molecular weight excluding hydrogens is 462 g/mol. The molecule has 0 aliphatic carbocycles. The lowest BCUT2D eigenvalue weighted by Gasteiger charge is -2.30. The van der Waals surface area contributed by atoms with Gasteiger partial charge in [0.25, 0.3) is 0 Å². The van der Waals surface area contributed by atoms with E-state index in [4.69, 9.17) is 23.7 Å². The number of methoxy groups -OCH3 is 4. The second-order valence-electron chi connectivity index (χ2n) is 8.65. The fourth-order valence-electron chi connectivity index (χ4n) is 4.26. The molecule has 1 unspecified atom stereocenters. The Morgan fingerprint density at radius 2 is 1.56 bits per heavy atom. The summed E-state index contributed by atoms with van der Waals surface area (Å²) in [5.41, 5.74) is 1.11. The maximum atomic E-state index is 13.3. The zero-order valence-electron chi connectivity index (χ0n) is 22.5. The van der Waals surface area contributed by atoms with Crippen molar-refractivity contribution in [2.75, 3.05) is 55.2 Å². The number of ether oxygens (including phenoxy) is 5. The van der Waals surface area contributed by atoms with Gasteiger partial charge in [-0.25, -0.2) is 0 Å². The summed E-state index contributed by atoms with van der Waals surface area (Å²) in [6, 6.07) is 11.2. The average molecular weight is 502 g/mol. The summed E-state index contributed by atoms with van der Waals surface area (Å²) in [7, 11) is 8.00. The van der Waals surface area contributed by atoms with Crippen LogP contribution in [0, 0.1) is 6.92 Å². The Morgan fingerprint density at radius 3 is 2.17 bits per heavy atom. The lowest BCUT2D eigenvalue weighted by Crippen LogP contribution is -2.46. The Kier molecular flexibility index (Phi) is 11.0. The number of esters is 2. The molecule has 198 valence electrons. The van der Waals surface area contributed by atoms with Crippen LogP contribution >= 0.6 is 0 Å². The third-order valence-electron chi connectivity index (χ3n) is 6.38. The molecule has 0 N–H and O–H groups in total. The topological polar surface area (TPSA) is 83.5 Å². The highest BCUT2D eigenvalue weighted by molar-refractivity contribution is 6.06. The van der Waals surface area contributed by atoms with Crippen molar-refractivity contribution >= 4 is 11.9 Å². The van der Waals surface area contributed by atoms with Crippen LogP contribution in [0.15, 0.2) is 36.4 Å². The predicted octanol–water partition coefficient (Wildman–Crippen LogP) is 3.95. The van der Waals surface area contributed by atoms with Crippen LogP contribution in [-0.4, -0.2) is 72.0 Å². The SMILES string of the molecule is CCOC(=O)C(CCCN(C)CCc1ccc(C)c(OC)c1)(C(=O)OC)c1ccc(OC)c(OC)c1. The molecule has 0 fully saturated rings. The van der Waals surface area contributed by atoms with E-state index in [-0.39, 0.29) is 13.0 Å². The number of benzene rings is 2. The van der Waals surface area contributed by atoms with Crippen molar-refractivity contribution in [2.24, 2.45) is 0 Å². The highest BCUT2D eigenvalue weighted by atomic mass is 16.6. The van der Waals surface area contributed by atoms with Gasteiger partial charge in [-0.15, -0.1) is 0 Å². The molecule has 0 aliphatic heterocycles. The highest BCUT2D eigenvalue weighted by Gasteiger charge is 2.50. The second-order valence-corrected chi connectivity index (χ2v) is 8.65. The van der Waals surface area contributed by atoms with Gasteiger partial charge in [-0.2, -0.15) is 0 Å². The maximum absolute atomic E-state index is 13.3. The van der Waals surface area contributed by atoms with Crippen molar-refractivity contribution < 1.29 is 33.3 Å². The zero-order chi connectivity index (χ0) is 26.7. The van der Waals surface area contributed by atoms with E-state index in [1.807, 2.05) is 14.0 Å². The molecule has 2 aromatic carbocycles. The van der Waals surface area contributed by atoms with Crippen molar-refractivity contribution in [3.63, 3.8) is 0 Å². The average Bonchev–Trinajstić information content (AvgIpc) is 2.89. The van der Waals surface area contributed by atoms with Gasteiger partial charge < -0.3 is 28.6 Å². The van der Waals surface area contributed by atoms with E-state index < -0.39 is 17.4 Å². The molecule has 0 aromatic heterocycles. The van der Waals surface area contributed by atoms with Crippen molar-refractivity contribution in [1.82, 2.24) is 4.90 Å². The van der Waals surface area contributed by atoms with E-state index in [0.29, 0.717) is 30.0 Å². The first-order chi connectivity index (χ1) is 17.3. The molecule has 2 rings (SSSR count). The largest absolute Gasteiger partial charge is 0.496 e. The molecule has 0 amide bonds. The lowest BCUT2D eigenvalue weighted by atomic mass is 9.76. The number of rotatable bonds is 14. The van der Waals surface area contributed by atoms with E-state index in [2.05, 4.69) is 23.1 Å². The molecule has 0 heterocycles. The lowest BCUT2D eigenvalue weighted by molar-refractivity contribution is -0.164. The number of aryl methyl sites for hydroxylation is 1. The summed E-state index contributed by atoms with van der Waals surface area (Å²) in [6.07, 6.45) is 1.63. The van der Waals surface area contributed by atoms with Gasteiger partial charge >= 0.3 is 11.9 Å². The number of carbonyl (C=O) groups excluding carboxylic acids is 2. The Labute approximate surface area is 214 Å². The first-order valence-corrected chi connectivity index (χ1v) is 12.1. The van der Waals surface area contributed by atoms with Crippen molar-refractivity contribution in [1.29, 1.82) is 0 Å². The van der Waals surface area contributed by atoms with Crippen LogP contribution in [0.2, 0.25) is 0 Å². The molecule has 8 nitrogen and oxygen atoms in total. The minimum absolute atomic E-state index is 0.144. The van der Waals surface area contributed by atoms with Crippen molar-refractivity contribution in [3.8, 4) is 17.2 Å². The molecule has 0 aliphatic rings. The monoisotopic (exact) mass is 501 g/mol. The highest BCUT2D eigenvalue weighted by Crippen LogP contribution is 2.38. The summed E-state index contributed by atoms with van der Waals surface area (Å²) in [5, 5.41) is 0. The summed E-state index contributed by atoms with van der Waals surface area (Å²) < 4.78 is 26.7. The van der Waals surface area contributed by atoms with E-state index >= 15 is 0 Å². The molecule has 0 saturated heterocycles. The molecule has 2 aromatic rings. The molecule has 1 atom stereocenters. The number of hydrogen-bond acceptors (Lipinski definition) is 8. The number of likely N-dealkylation sites (N-methyl/N-ethyl adjacent to an activating group) is 1. The Morgan fingerprint density at radius 1 is 0.861 bits per heavy atom. The Hall–Kier alpha value is -3.26. The third kappa shape index (κ3) is 6.69. The first kappa shape index (κ1) is 29.0. The van der Waals surface area contributed by atoms with Gasteiger partial charge in [-0.1, -0.05) is 18.2 Å². The summed E-state index contributed by atoms with van der Waals surface area (Å²) in [6.45, 7) is 5.36. The van der Waals surface area contributed by atoms with E-state index in [0.717, 1.165) is 24.3 Å². The minimum Gasteiger partial charge on any atom is -0.496 e. The molecule has 0 saturated carbocycles. The molecule has 0 radical (unpaired) electrons.